The van der Waals surface area contributed by atoms with Crippen molar-refractivity contribution in [3.63, 3.8) is 0 Å². The number of ether oxygens (including phenoxy) is 2. The number of hydrogen-bond acceptors (Lipinski definition) is 3. The molecule has 4 nitrogen and oxygen atoms in total. The van der Waals surface area contributed by atoms with E-state index in [2.05, 4.69) is 5.32 Å². The van der Waals surface area contributed by atoms with Crippen molar-refractivity contribution in [1.29, 1.82) is 0 Å². The molecule has 3 rings (SSSR count). The van der Waals surface area contributed by atoms with Gasteiger partial charge in [-0.2, -0.15) is 0 Å². The average molecular weight is 283 g/mol. The smallest absolute Gasteiger partial charge is 0.252 e. The van der Waals surface area contributed by atoms with Gasteiger partial charge in [0.2, 0.25) is 0 Å². The zero-order chi connectivity index (χ0) is 14.7. The summed E-state index contributed by atoms with van der Waals surface area (Å²) in [4.78, 5) is 11.7. The second-order valence-electron chi connectivity index (χ2n) is 4.98. The Morgan fingerprint density at radius 3 is 2.38 bits per heavy atom. The lowest BCUT2D eigenvalue weighted by Gasteiger charge is -2.36. The Morgan fingerprint density at radius 2 is 1.76 bits per heavy atom. The standard InChI is InChI=1S/C17H17NO3/c1-20-14-9-7-13(8-10-14)15-16(17(19)18-15)21-11-12-5-3-2-4-6-12/h2-10,15-16H,11H2,1H3,(H,18,19)/t15-,16-/m0/s1. The molecular formula is C17H17NO3. The van der Waals surface area contributed by atoms with Crippen molar-refractivity contribution < 1.29 is 14.3 Å². The molecule has 1 amide bonds. The largest absolute Gasteiger partial charge is 0.497 e. The van der Waals surface area contributed by atoms with E-state index < -0.39 is 6.10 Å². The molecule has 1 aliphatic heterocycles. The molecule has 2 aromatic rings. The van der Waals surface area contributed by atoms with Crippen LogP contribution in [0.5, 0.6) is 5.75 Å². The fourth-order valence-electron chi connectivity index (χ4n) is 2.37. The van der Waals surface area contributed by atoms with E-state index in [0.29, 0.717) is 6.61 Å². The first-order valence-electron chi connectivity index (χ1n) is 6.88. The van der Waals surface area contributed by atoms with E-state index in [1.54, 1.807) is 7.11 Å². The van der Waals surface area contributed by atoms with Crippen LogP contribution in [0.4, 0.5) is 0 Å². The minimum Gasteiger partial charge on any atom is -0.497 e. The number of β-lactam (4-membered cyclic amide) rings is 1. The lowest BCUT2D eigenvalue weighted by Crippen LogP contribution is -2.57. The molecular weight excluding hydrogens is 266 g/mol. The highest BCUT2D eigenvalue weighted by Gasteiger charge is 2.41. The summed E-state index contributed by atoms with van der Waals surface area (Å²) < 4.78 is 10.9. The van der Waals surface area contributed by atoms with Gasteiger partial charge < -0.3 is 14.8 Å². The Morgan fingerprint density at radius 1 is 1.05 bits per heavy atom. The lowest BCUT2D eigenvalue weighted by atomic mass is 9.94. The van der Waals surface area contributed by atoms with Crippen LogP contribution in [0.1, 0.15) is 17.2 Å². The molecule has 0 radical (unpaired) electrons. The molecule has 1 fully saturated rings. The monoisotopic (exact) mass is 283 g/mol. The van der Waals surface area contributed by atoms with Gasteiger partial charge in [0.15, 0.2) is 6.10 Å². The molecule has 108 valence electrons. The molecule has 0 saturated carbocycles. The van der Waals surface area contributed by atoms with Gasteiger partial charge in [0.05, 0.1) is 19.8 Å². The number of methoxy groups -OCH3 is 1. The average Bonchev–Trinajstić information content (AvgIpc) is 2.54. The summed E-state index contributed by atoms with van der Waals surface area (Å²) in [6.07, 6.45) is -0.432. The van der Waals surface area contributed by atoms with E-state index in [0.717, 1.165) is 16.9 Å². The van der Waals surface area contributed by atoms with Crippen molar-refractivity contribution in [3.8, 4) is 5.75 Å². The molecule has 2 aromatic carbocycles. The highest BCUT2D eigenvalue weighted by Crippen LogP contribution is 2.29. The fourth-order valence-corrected chi connectivity index (χ4v) is 2.37. The SMILES string of the molecule is COc1ccc([C@@H]2NC(=O)[C@H]2OCc2ccccc2)cc1. The molecule has 0 bridgehead atoms. The third kappa shape index (κ3) is 2.90. The Kier molecular flexibility index (Phi) is 3.88. The minimum atomic E-state index is -0.432. The first-order chi connectivity index (χ1) is 10.3. The van der Waals surface area contributed by atoms with Crippen LogP contribution in [0, 0.1) is 0 Å². The van der Waals surface area contributed by atoms with Crippen molar-refractivity contribution in [2.24, 2.45) is 0 Å². The summed E-state index contributed by atoms with van der Waals surface area (Å²) in [5.74, 6) is 0.734. The zero-order valence-electron chi connectivity index (χ0n) is 11.8. The topological polar surface area (TPSA) is 47.6 Å². The van der Waals surface area contributed by atoms with Crippen LogP contribution < -0.4 is 10.1 Å². The van der Waals surface area contributed by atoms with E-state index in [-0.39, 0.29) is 11.9 Å². The van der Waals surface area contributed by atoms with E-state index in [1.165, 1.54) is 0 Å². The number of amides is 1. The van der Waals surface area contributed by atoms with E-state index in [4.69, 9.17) is 9.47 Å². The first-order valence-corrected chi connectivity index (χ1v) is 6.88. The third-order valence-corrected chi connectivity index (χ3v) is 3.61. The van der Waals surface area contributed by atoms with Gasteiger partial charge in [-0.3, -0.25) is 4.79 Å². The molecule has 0 aliphatic carbocycles. The van der Waals surface area contributed by atoms with Gasteiger partial charge in [-0.05, 0) is 23.3 Å². The maximum absolute atomic E-state index is 11.7. The second kappa shape index (κ2) is 5.97. The number of carbonyl (C=O) groups excluding carboxylic acids is 1. The summed E-state index contributed by atoms with van der Waals surface area (Å²) in [6, 6.07) is 17.4. The van der Waals surface area contributed by atoms with Gasteiger partial charge in [-0.25, -0.2) is 0 Å². The fraction of sp³-hybridized carbons (Fsp3) is 0.235. The maximum atomic E-state index is 11.7. The molecule has 0 spiro atoms. The first kappa shape index (κ1) is 13.6. The molecule has 0 unspecified atom stereocenters. The van der Waals surface area contributed by atoms with Crippen LogP contribution in [0.25, 0.3) is 0 Å². The molecule has 4 heteroatoms. The Hall–Kier alpha value is -2.33. The van der Waals surface area contributed by atoms with Crippen LogP contribution in [-0.2, 0) is 16.1 Å². The maximum Gasteiger partial charge on any atom is 0.252 e. The highest BCUT2D eigenvalue weighted by molar-refractivity contribution is 5.88. The molecule has 0 aromatic heterocycles. The van der Waals surface area contributed by atoms with Gasteiger partial charge in [-0.1, -0.05) is 42.5 Å². The normalized spacial score (nSPS) is 20.5. The second-order valence-corrected chi connectivity index (χ2v) is 4.98. The lowest BCUT2D eigenvalue weighted by molar-refractivity contribution is -0.150. The van der Waals surface area contributed by atoms with E-state index in [1.807, 2.05) is 54.6 Å². The predicted molar refractivity (Wildman–Crippen MR) is 78.9 cm³/mol. The summed E-state index contributed by atoms with van der Waals surface area (Å²) in [6.45, 7) is 0.436. The Balaban J connectivity index is 1.65. The predicted octanol–water partition coefficient (Wildman–Crippen LogP) is 2.45. The number of nitrogens with one attached hydrogen (secondary N) is 1. The highest BCUT2D eigenvalue weighted by atomic mass is 16.5. The van der Waals surface area contributed by atoms with E-state index in [9.17, 15) is 4.79 Å². The van der Waals surface area contributed by atoms with Gasteiger partial charge in [0.1, 0.15) is 5.75 Å². The minimum absolute atomic E-state index is 0.0632. The Bertz CT molecular complexity index is 610. The van der Waals surface area contributed by atoms with E-state index >= 15 is 0 Å². The van der Waals surface area contributed by atoms with Gasteiger partial charge in [0.25, 0.3) is 5.91 Å². The van der Waals surface area contributed by atoms with Gasteiger partial charge >= 0.3 is 0 Å². The van der Waals surface area contributed by atoms with Crippen molar-refractivity contribution in [2.75, 3.05) is 7.11 Å². The van der Waals surface area contributed by atoms with Crippen molar-refractivity contribution in [3.05, 3.63) is 65.7 Å². The van der Waals surface area contributed by atoms with Crippen molar-refractivity contribution in [1.82, 2.24) is 5.32 Å². The number of carbonyl (C=O) groups is 1. The Labute approximate surface area is 123 Å². The quantitative estimate of drug-likeness (QED) is 0.857. The summed E-state index contributed by atoms with van der Waals surface area (Å²) in [5.41, 5.74) is 2.08. The third-order valence-electron chi connectivity index (χ3n) is 3.61. The molecule has 1 N–H and O–H groups in total. The van der Waals surface area contributed by atoms with Crippen molar-refractivity contribution >= 4 is 5.91 Å². The van der Waals surface area contributed by atoms with Crippen LogP contribution in [0.15, 0.2) is 54.6 Å². The molecule has 21 heavy (non-hydrogen) atoms. The number of hydrogen-bond donors (Lipinski definition) is 1. The molecule has 2 atom stereocenters. The number of rotatable bonds is 5. The molecule has 1 heterocycles. The summed E-state index contributed by atoms with van der Waals surface area (Å²) >= 11 is 0. The summed E-state index contributed by atoms with van der Waals surface area (Å²) in [5, 5.41) is 2.88. The van der Waals surface area contributed by atoms with Gasteiger partial charge in [-0.15, -0.1) is 0 Å². The number of benzene rings is 2. The van der Waals surface area contributed by atoms with Crippen molar-refractivity contribution in [2.45, 2.75) is 18.8 Å². The zero-order valence-corrected chi connectivity index (χ0v) is 11.8. The van der Waals surface area contributed by atoms with Crippen LogP contribution in [-0.4, -0.2) is 19.1 Å². The molecule has 1 saturated heterocycles. The van der Waals surface area contributed by atoms with Crippen LogP contribution in [0.2, 0.25) is 0 Å². The van der Waals surface area contributed by atoms with Gasteiger partial charge in [0, 0.05) is 0 Å². The van der Waals surface area contributed by atoms with Crippen LogP contribution in [0.3, 0.4) is 0 Å². The van der Waals surface area contributed by atoms with Crippen LogP contribution >= 0.6 is 0 Å². The molecule has 1 aliphatic rings. The summed E-state index contributed by atoms with van der Waals surface area (Å²) in [7, 11) is 1.63.